The predicted molar refractivity (Wildman–Crippen MR) is 84.9 cm³/mol. The van der Waals surface area contributed by atoms with Crippen molar-refractivity contribution in [1.82, 2.24) is 5.32 Å². The molecule has 0 aliphatic rings. The number of hydrogen-bond acceptors (Lipinski definition) is 4. The maximum Gasteiger partial charge on any atom is 0.338 e. The second-order valence-electron chi connectivity index (χ2n) is 5.88. The number of carbonyl (C=O) groups excluding carboxylic acids is 2. The number of amides is 1. The first kappa shape index (κ1) is 18.0. The molecule has 122 valence electrons. The Morgan fingerprint density at radius 2 is 1.64 bits per heavy atom. The standard InChI is InChI=1S/C17H25NO4/c1-11(2)10-18-16(19)13(5)22-17(20)14-6-8-15(9-7-14)21-12(3)4/h6-9,11-13H,10H2,1-5H3,(H,18,19). The Kier molecular flexibility index (Phi) is 6.89. The molecule has 5 nitrogen and oxygen atoms in total. The fraction of sp³-hybridized carbons (Fsp3) is 0.529. The van der Waals surface area contributed by atoms with E-state index in [0.29, 0.717) is 23.8 Å². The van der Waals surface area contributed by atoms with Crippen LogP contribution in [0.2, 0.25) is 0 Å². The van der Waals surface area contributed by atoms with Gasteiger partial charge >= 0.3 is 5.97 Å². The van der Waals surface area contributed by atoms with Gasteiger partial charge in [-0.25, -0.2) is 4.79 Å². The first-order chi connectivity index (χ1) is 10.3. The van der Waals surface area contributed by atoms with Gasteiger partial charge in [-0.1, -0.05) is 13.8 Å². The highest BCUT2D eigenvalue weighted by atomic mass is 16.5. The summed E-state index contributed by atoms with van der Waals surface area (Å²) in [6.45, 7) is 9.97. The van der Waals surface area contributed by atoms with Gasteiger partial charge in [0.1, 0.15) is 5.75 Å². The average molecular weight is 307 g/mol. The van der Waals surface area contributed by atoms with E-state index in [0.717, 1.165) is 0 Å². The molecule has 1 rings (SSSR count). The summed E-state index contributed by atoms with van der Waals surface area (Å²) in [4.78, 5) is 23.8. The Bertz CT molecular complexity index is 494. The number of esters is 1. The maximum absolute atomic E-state index is 12.0. The molecule has 0 aliphatic heterocycles. The molecule has 0 radical (unpaired) electrons. The summed E-state index contributed by atoms with van der Waals surface area (Å²) in [5.41, 5.74) is 0.389. The highest BCUT2D eigenvalue weighted by molar-refractivity contribution is 5.92. The molecule has 0 heterocycles. The van der Waals surface area contributed by atoms with Gasteiger partial charge in [-0.2, -0.15) is 0 Å². The summed E-state index contributed by atoms with van der Waals surface area (Å²) in [6, 6.07) is 6.66. The third-order valence-electron chi connectivity index (χ3n) is 2.80. The Morgan fingerprint density at radius 3 is 2.14 bits per heavy atom. The van der Waals surface area contributed by atoms with Crippen LogP contribution in [0.1, 0.15) is 45.0 Å². The quantitative estimate of drug-likeness (QED) is 0.787. The van der Waals surface area contributed by atoms with Crippen molar-refractivity contribution in [3.05, 3.63) is 29.8 Å². The number of ether oxygens (including phenoxy) is 2. The van der Waals surface area contributed by atoms with Gasteiger partial charge in [0.05, 0.1) is 11.7 Å². The van der Waals surface area contributed by atoms with Crippen molar-refractivity contribution in [3.63, 3.8) is 0 Å². The Labute approximate surface area is 132 Å². The molecule has 0 saturated heterocycles. The van der Waals surface area contributed by atoms with Crippen molar-refractivity contribution >= 4 is 11.9 Å². The molecule has 1 aromatic rings. The van der Waals surface area contributed by atoms with E-state index in [1.165, 1.54) is 0 Å². The van der Waals surface area contributed by atoms with Crippen LogP contribution in [0.15, 0.2) is 24.3 Å². The van der Waals surface area contributed by atoms with Crippen LogP contribution in [0.4, 0.5) is 0 Å². The molecule has 0 aromatic heterocycles. The third kappa shape index (κ3) is 6.16. The Balaban J connectivity index is 2.55. The SMILES string of the molecule is CC(C)CNC(=O)C(C)OC(=O)c1ccc(OC(C)C)cc1. The summed E-state index contributed by atoms with van der Waals surface area (Å²) in [7, 11) is 0. The molecule has 1 atom stereocenters. The normalized spacial score (nSPS) is 12.1. The minimum absolute atomic E-state index is 0.0717. The van der Waals surface area contributed by atoms with E-state index >= 15 is 0 Å². The van der Waals surface area contributed by atoms with E-state index in [2.05, 4.69) is 5.32 Å². The molecule has 22 heavy (non-hydrogen) atoms. The molecule has 0 saturated carbocycles. The van der Waals surface area contributed by atoms with E-state index in [-0.39, 0.29) is 12.0 Å². The fourth-order valence-electron chi connectivity index (χ4n) is 1.67. The summed E-state index contributed by atoms with van der Waals surface area (Å²) < 4.78 is 10.7. The largest absolute Gasteiger partial charge is 0.491 e. The van der Waals surface area contributed by atoms with E-state index in [1.807, 2.05) is 27.7 Å². The molecule has 0 aliphatic carbocycles. The molecule has 0 fully saturated rings. The smallest absolute Gasteiger partial charge is 0.338 e. The number of carbonyl (C=O) groups is 2. The van der Waals surface area contributed by atoms with Gasteiger partial charge in [-0.05, 0) is 51.0 Å². The van der Waals surface area contributed by atoms with Gasteiger partial charge in [-0.15, -0.1) is 0 Å². The van der Waals surface area contributed by atoms with Crippen LogP contribution < -0.4 is 10.1 Å². The number of rotatable bonds is 7. The molecule has 0 bridgehead atoms. The number of nitrogens with one attached hydrogen (secondary N) is 1. The lowest BCUT2D eigenvalue weighted by molar-refractivity contribution is -0.129. The van der Waals surface area contributed by atoms with E-state index in [9.17, 15) is 9.59 Å². The van der Waals surface area contributed by atoms with Crippen molar-refractivity contribution in [2.75, 3.05) is 6.54 Å². The second-order valence-corrected chi connectivity index (χ2v) is 5.88. The molecule has 5 heteroatoms. The Hall–Kier alpha value is -2.04. The zero-order valence-electron chi connectivity index (χ0n) is 13.9. The zero-order chi connectivity index (χ0) is 16.7. The van der Waals surface area contributed by atoms with Crippen LogP contribution in [0.25, 0.3) is 0 Å². The topological polar surface area (TPSA) is 64.6 Å². The number of hydrogen-bond donors (Lipinski definition) is 1. The minimum Gasteiger partial charge on any atom is -0.491 e. The Morgan fingerprint density at radius 1 is 1.05 bits per heavy atom. The maximum atomic E-state index is 12.0. The van der Waals surface area contributed by atoms with Crippen LogP contribution in [0, 0.1) is 5.92 Å². The molecule has 1 N–H and O–H groups in total. The first-order valence-corrected chi connectivity index (χ1v) is 7.55. The van der Waals surface area contributed by atoms with Gasteiger partial charge in [0.2, 0.25) is 0 Å². The van der Waals surface area contributed by atoms with Crippen LogP contribution in [-0.4, -0.2) is 30.6 Å². The van der Waals surface area contributed by atoms with Crippen molar-refractivity contribution in [2.45, 2.75) is 46.8 Å². The monoisotopic (exact) mass is 307 g/mol. The molecule has 1 aromatic carbocycles. The fourth-order valence-corrected chi connectivity index (χ4v) is 1.67. The average Bonchev–Trinajstić information content (AvgIpc) is 2.44. The lowest BCUT2D eigenvalue weighted by Gasteiger charge is -2.15. The highest BCUT2D eigenvalue weighted by Crippen LogP contribution is 2.15. The molecule has 0 spiro atoms. The summed E-state index contributed by atoms with van der Waals surface area (Å²) in [5.74, 6) is 0.222. The zero-order valence-corrected chi connectivity index (χ0v) is 13.9. The summed E-state index contributed by atoms with van der Waals surface area (Å²) in [5, 5.41) is 2.73. The first-order valence-electron chi connectivity index (χ1n) is 7.55. The van der Waals surface area contributed by atoms with Gasteiger partial charge in [0, 0.05) is 6.54 Å². The lowest BCUT2D eigenvalue weighted by Crippen LogP contribution is -2.37. The van der Waals surface area contributed by atoms with Crippen molar-refractivity contribution in [3.8, 4) is 5.75 Å². The van der Waals surface area contributed by atoms with Gasteiger partial charge in [0.15, 0.2) is 6.10 Å². The van der Waals surface area contributed by atoms with Crippen LogP contribution in [0.5, 0.6) is 5.75 Å². The summed E-state index contributed by atoms with van der Waals surface area (Å²) in [6.07, 6.45) is -0.750. The molecule has 1 unspecified atom stereocenters. The minimum atomic E-state index is -0.821. The second kappa shape index (κ2) is 8.41. The van der Waals surface area contributed by atoms with Crippen molar-refractivity contribution in [1.29, 1.82) is 0 Å². The lowest BCUT2D eigenvalue weighted by atomic mass is 10.2. The predicted octanol–water partition coefficient (Wildman–Crippen LogP) is 2.79. The van der Waals surface area contributed by atoms with E-state index in [1.54, 1.807) is 31.2 Å². The van der Waals surface area contributed by atoms with E-state index < -0.39 is 12.1 Å². The van der Waals surface area contributed by atoms with Crippen LogP contribution in [-0.2, 0) is 9.53 Å². The van der Waals surface area contributed by atoms with Gasteiger partial charge in [-0.3, -0.25) is 4.79 Å². The van der Waals surface area contributed by atoms with Crippen LogP contribution >= 0.6 is 0 Å². The third-order valence-corrected chi connectivity index (χ3v) is 2.80. The van der Waals surface area contributed by atoms with Crippen molar-refractivity contribution < 1.29 is 19.1 Å². The summed E-state index contributed by atoms with van der Waals surface area (Å²) >= 11 is 0. The molecular formula is C17H25NO4. The van der Waals surface area contributed by atoms with Crippen molar-refractivity contribution in [2.24, 2.45) is 5.92 Å². The molecular weight excluding hydrogens is 282 g/mol. The number of benzene rings is 1. The van der Waals surface area contributed by atoms with Gasteiger partial charge in [0.25, 0.3) is 5.91 Å². The van der Waals surface area contributed by atoms with Crippen LogP contribution in [0.3, 0.4) is 0 Å². The highest BCUT2D eigenvalue weighted by Gasteiger charge is 2.18. The van der Waals surface area contributed by atoms with Gasteiger partial charge < -0.3 is 14.8 Å². The van der Waals surface area contributed by atoms with E-state index in [4.69, 9.17) is 9.47 Å². The molecule has 1 amide bonds.